The third-order valence-corrected chi connectivity index (χ3v) is 4.36. The zero-order chi connectivity index (χ0) is 15.6. The third-order valence-electron chi connectivity index (χ3n) is 4.36. The minimum atomic E-state index is 0.134. The first kappa shape index (κ1) is 14.1. The molecule has 3 aromatic rings. The van der Waals surface area contributed by atoms with Crippen molar-refractivity contribution >= 4 is 16.7 Å². The molecule has 0 aliphatic carbocycles. The molecule has 0 radical (unpaired) electrons. The number of nitrogens with zero attached hydrogens (tertiary/aromatic N) is 4. The van der Waals surface area contributed by atoms with E-state index in [9.17, 15) is 5.11 Å². The first-order chi connectivity index (χ1) is 11.4. The molecule has 0 amide bonds. The number of para-hydroxylation sites is 1. The Morgan fingerprint density at radius 1 is 1.13 bits per heavy atom. The van der Waals surface area contributed by atoms with Crippen molar-refractivity contribution < 1.29 is 5.11 Å². The van der Waals surface area contributed by atoms with E-state index in [1.54, 1.807) is 12.4 Å². The molecule has 116 valence electrons. The number of aliphatic hydroxyl groups is 1. The summed E-state index contributed by atoms with van der Waals surface area (Å²) in [5, 5.41) is 10.7. The van der Waals surface area contributed by atoms with Crippen molar-refractivity contribution in [1.29, 1.82) is 0 Å². The quantitative estimate of drug-likeness (QED) is 0.806. The van der Waals surface area contributed by atoms with Crippen LogP contribution in [0.15, 0.2) is 48.8 Å². The summed E-state index contributed by atoms with van der Waals surface area (Å²) in [5.41, 5.74) is 1.82. The molecule has 5 nitrogen and oxygen atoms in total. The van der Waals surface area contributed by atoms with Gasteiger partial charge < -0.3 is 10.0 Å². The van der Waals surface area contributed by atoms with Gasteiger partial charge in [0, 0.05) is 29.9 Å². The molecule has 3 heterocycles. The Balaban J connectivity index is 1.91. The predicted octanol–water partition coefficient (Wildman–Crippen LogP) is 2.65. The summed E-state index contributed by atoms with van der Waals surface area (Å²) in [5.74, 6) is 1.58. The summed E-state index contributed by atoms with van der Waals surface area (Å²) in [6, 6.07) is 12.0. The van der Waals surface area contributed by atoms with Gasteiger partial charge in [-0.05, 0) is 37.1 Å². The maximum atomic E-state index is 9.66. The average Bonchev–Trinajstić information content (AvgIpc) is 3.10. The molecule has 0 bridgehead atoms. The Bertz CT molecular complexity index is 822. The molecule has 1 fully saturated rings. The summed E-state index contributed by atoms with van der Waals surface area (Å²) >= 11 is 0. The van der Waals surface area contributed by atoms with Crippen LogP contribution in [-0.4, -0.2) is 39.3 Å². The van der Waals surface area contributed by atoms with E-state index in [0.717, 1.165) is 41.7 Å². The van der Waals surface area contributed by atoms with Gasteiger partial charge in [0.1, 0.15) is 5.82 Å². The lowest BCUT2D eigenvalue weighted by atomic mass is 10.2. The second-order valence-corrected chi connectivity index (χ2v) is 5.80. The minimum Gasteiger partial charge on any atom is -0.394 e. The highest BCUT2D eigenvalue weighted by molar-refractivity contribution is 5.91. The zero-order valence-electron chi connectivity index (χ0n) is 12.8. The van der Waals surface area contributed by atoms with Gasteiger partial charge in [-0.15, -0.1) is 0 Å². The number of rotatable bonds is 3. The van der Waals surface area contributed by atoms with Gasteiger partial charge in [-0.25, -0.2) is 9.97 Å². The normalized spacial score (nSPS) is 17.8. The molecule has 23 heavy (non-hydrogen) atoms. The van der Waals surface area contributed by atoms with Crippen molar-refractivity contribution in [3.8, 4) is 11.4 Å². The fraction of sp³-hybridized carbons (Fsp3) is 0.278. The highest BCUT2D eigenvalue weighted by Crippen LogP contribution is 2.31. The lowest BCUT2D eigenvalue weighted by Crippen LogP contribution is -2.33. The summed E-state index contributed by atoms with van der Waals surface area (Å²) in [6.07, 6.45) is 5.60. The van der Waals surface area contributed by atoms with Gasteiger partial charge in [-0.1, -0.05) is 12.1 Å². The van der Waals surface area contributed by atoms with Crippen molar-refractivity contribution in [2.24, 2.45) is 0 Å². The fourth-order valence-corrected chi connectivity index (χ4v) is 3.21. The SMILES string of the molecule is OC[C@@H]1CCCN1c1nc(-c2cccnc2)nc2ccccc12. The van der Waals surface area contributed by atoms with Crippen LogP contribution >= 0.6 is 0 Å². The molecule has 0 spiro atoms. The van der Waals surface area contributed by atoms with Gasteiger partial charge in [-0.2, -0.15) is 0 Å². The van der Waals surface area contributed by atoms with E-state index in [4.69, 9.17) is 4.98 Å². The van der Waals surface area contributed by atoms with Gasteiger partial charge >= 0.3 is 0 Å². The summed E-state index contributed by atoms with van der Waals surface area (Å²) in [6.45, 7) is 1.07. The fourth-order valence-electron chi connectivity index (χ4n) is 3.21. The Labute approximate surface area is 134 Å². The lowest BCUT2D eigenvalue weighted by molar-refractivity contribution is 0.266. The maximum absolute atomic E-state index is 9.66. The van der Waals surface area contributed by atoms with Crippen LogP contribution in [0.3, 0.4) is 0 Å². The standard InChI is InChI=1S/C18H18N4O/c23-12-14-6-4-10-22(14)18-15-7-1-2-8-16(15)20-17(21-18)13-5-3-9-19-11-13/h1-3,5,7-9,11,14,23H,4,6,10,12H2/t14-/m0/s1. The van der Waals surface area contributed by atoms with Gasteiger partial charge in [0.25, 0.3) is 0 Å². The molecule has 5 heteroatoms. The second-order valence-electron chi connectivity index (χ2n) is 5.80. The average molecular weight is 306 g/mol. The van der Waals surface area contributed by atoms with E-state index in [1.807, 2.05) is 36.4 Å². The topological polar surface area (TPSA) is 62.1 Å². The molecular weight excluding hydrogens is 288 g/mol. The van der Waals surface area contributed by atoms with E-state index in [2.05, 4.69) is 14.9 Å². The Hall–Kier alpha value is -2.53. The number of anilines is 1. The van der Waals surface area contributed by atoms with Crippen LogP contribution in [0.1, 0.15) is 12.8 Å². The Morgan fingerprint density at radius 3 is 2.87 bits per heavy atom. The predicted molar refractivity (Wildman–Crippen MR) is 90.2 cm³/mol. The Kier molecular flexibility index (Phi) is 3.63. The van der Waals surface area contributed by atoms with E-state index < -0.39 is 0 Å². The van der Waals surface area contributed by atoms with Gasteiger partial charge in [0.15, 0.2) is 5.82 Å². The highest BCUT2D eigenvalue weighted by Gasteiger charge is 2.27. The van der Waals surface area contributed by atoms with E-state index in [1.165, 1.54) is 0 Å². The van der Waals surface area contributed by atoms with Crippen LogP contribution in [0.2, 0.25) is 0 Å². The zero-order valence-corrected chi connectivity index (χ0v) is 12.8. The molecule has 0 unspecified atom stereocenters. The van der Waals surface area contributed by atoms with Crippen LogP contribution < -0.4 is 4.90 Å². The molecule has 1 N–H and O–H groups in total. The van der Waals surface area contributed by atoms with Crippen molar-refractivity contribution in [2.75, 3.05) is 18.1 Å². The molecular formula is C18H18N4O. The molecule has 2 aromatic heterocycles. The first-order valence-corrected chi connectivity index (χ1v) is 7.91. The van der Waals surface area contributed by atoms with Crippen LogP contribution in [-0.2, 0) is 0 Å². The number of hydrogen-bond donors (Lipinski definition) is 1. The molecule has 1 saturated heterocycles. The largest absolute Gasteiger partial charge is 0.394 e. The molecule has 1 aliphatic heterocycles. The lowest BCUT2D eigenvalue weighted by Gasteiger charge is -2.25. The molecule has 1 aliphatic rings. The summed E-state index contributed by atoms with van der Waals surface area (Å²) < 4.78 is 0. The Morgan fingerprint density at radius 2 is 2.04 bits per heavy atom. The van der Waals surface area contributed by atoms with E-state index >= 15 is 0 Å². The second kappa shape index (κ2) is 5.93. The smallest absolute Gasteiger partial charge is 0.163 e. The molecule has 4 rings (SSSR count). The summed E-state index contributed by atoms with van der Waals surface area (Å²) in [7, 11) is 0. The van der Waals surface area contributed by atoms with Crippen molar-refractivity contribution in [3.63, 3.8) is 0 Å². The van der Waals surface area contributed by atoms with Crippen LogP contribution in [0.25, 0.3) is 22.3 Å². The van der Waals surface area contributed by atoms with E-state index in [0.29, 0.717) is 5.82 Å². The minimum absolute atomic E-state index is 0.134. The van der Waals surface area contributed by atoms with Crippen LogP contribution in [0, 0.1) is 0 Å². The molecule has 1 atom stereocenters. The van der Waals surface area contributed by atoms with Crippen molar-refractivity contribution in [2.45, 2.75) is 18.9 Å². The number of fused-ring (bicyclic) bond motifs is 1. The molecule has 1 aromatic carbocycles. The third kappa shape index (κ3) is 2.53. The highest BCUT2D eigenvalue weighted by atomic mass is 16.3. The number of benzene rings is 1. The maximum Gasteiger partial charge on any atom is 0.163 e. The van der Waals surface area contributed by atoms with Gasteiger partial charge in [0.2, 0.25) is 0 Å². The summed E-state index contributed by atoms with van der Waals surface area (Å²) in [4.78, 5) is 15.9. The van der Waals surface area contributed by atoms with Crippen LogP contribution in [0.4, 0.5) is 5.82 Å². The van der Waals surface area contributed by atoms with Crippen LogP contribution in [0.5, 0.6) is 0 Å². The van der Waals surface area contributed by atoms with Crippen molar-refractivity contribution in [3.05, 3.63) is 48.8 Å². The van der Waals surface area contributed by atoms with Gasteiger partial charge in [-0.3, -0.25) is 4.98 Å². The molecule has 0 saturated carbocycles. The monoisotopic (exact) mass is 306 g/mol. The number of aromatic nitrogens is 3. The number of pyridine rings is 1. The first-order valence-electron chi connectivity index (χ1n) is 7.91. The van der Waals surface area contributed by atoms with E-state index in [-0.39, 0.29) is 12.6 Å². The van der Waals surface area contributed by atoms with Crippen molar-refractivity contribution in [1.82, 2.24) is 15.0 Å². The van der Waals surface area contributed by atoms with Gasteiger partial charge in [0.05, 0.1) is 18.2 Å². The number of hydrogen-bond acceptors (Lipinski definition) is 5. The number of aliphatic hydroxyl groups excluding tert-OH is 1.